The number of carbonyl (C=O) groups is 1. The Morgan fingerprint density at radius 1 is 1.05 bits per heavy atom. The largest absolute Gasteiger partial charge is 0.423 e. The highest BCUT2D eigenvalue weighted by Crippen LogP contribution is 2.24. The molecule has 2 aromatic rings. The van der Waals surface area contributed by atoms with Crippen molar-refractivity contribution in [1.29, 1.82) is 0 Å². The molecule has 0 bridgehead atoms. The van der Waals surface area contributed by atoms with Crippen molar-refractivity contribution in [2.75, 3.05) is 0 Å². The molecule has 2 rings (SSSR count). The van der Waals surface area contributed by atoms with E-state index in [1.165, 1.54) is 0 Å². The van der Waals surface area contributed by atoms with Crippen LogP contribution >= 0.6 is 0 Å². The fraction of sp³-hybridized carbons (Fsp3) is 0.211. The van der Waals surface area contributed by atoms with E-state index in [1.54, 1.807) is 12.1 Å². The first-order valence-electron chi connectivity index (χ1n) is 7.10. The van der Waals surface area contributed by atoms with Crippen molar-refractivity contribution in [1.82, 2.24) is 0 Å². The molecule has 0 heterocycles. The second-order valence-corrected chi connectivity index (χ2v) is 5.35. The van der Waals surface area contributed by atoms with Crippen LogP contribution in [0, 0.1) is 5.92 Å². The number of para-hydroxylation sites is 1. The fourth-order valence-corrected chi connectivity index (χ4v) is 1.93. The van der Waals surface area contributed by atoms with Crippen molar-refractivity contribution < 1.29 is 9.53 Å². The summed E-state index contributed by atoms with van der Waals surface area (Å²) in [4.78, 5) is 12.1. The van der Waals surface area contributed by atoms with Gasteiger partial charge in [-0.3, -0.25) is 0 Å². The van der Waals surface area contributed by atoms with Crippen molar-refractivity contribution in [3.8, 4) is 5.75 Å². The summed E-state index contributed by atoms with van der Waals surface area (Å²) in [6, 6.07) is 16.6. The summed E-state index contributed by atoms with van der Waals surface area (Å²) in [7, 11) is 0. The average Bonchev–Trinajstić information content (AvgIpc) is 2.50. The van der Waals surface area contributed by atoms with Gasteiger partial charge in [0.05, 0.1) is 5.56 Å². The maximum Gasteiger partial charge on any atom is 0.343 e. The molecule has 2 nitrogen and oxygen atoms in total. The van der Waals surface area contributed by atoms with Crippen LogP contribution in [0.2, 0.25) is 0 Å². The molecule has 0 aliphatic carbocycles. The molecule has 0 spiro atoms. The molecule has 0 aliphatic heterocycles. The van der Waals surface area contributed by atoms with Crippen LogP contribution in [-0.4, -0.2) is 5.97 Å². The molecule has 0 unspecified atom stereocenters. The highest BCUT2D eigenvalue weighted by atomic mass is 16.5. The van der Waals surface area contributed by atoms with Crippen LogP contribution in [0.1, 0.15) is 29.8 Å². The smallest absolute Gasteiger partial charge is 0.343 e. The minimum absolute atomic E-state index is 0.335. The summed E-state index contributed by atoms with van der Waals surface area (Å²) in [5.74, 6) is 0.675. The van der Waals surface area contributed by atoms with Gasteiger partial charge < -0.3 is 4.74 Å². The number of esters is 1. The zero-order chi connectivity index (χ0) is 15.2. The third-order valence-electron chi connectivity index (χ3n) is 3.42. The van der Waals surface area contributed by atoms with Gasteiger partial charge in [0.2, 0.25) is 0 Å². The summed E-state index contributed by atoms with van der Waals surface area (Å²) in [5, 5.41) is 0. The number of benzene rings is 2. The highest BCUT2D eigenvalue weighted by molar-refractivity contribution is 5.91. The Morgan fingerprint density at radius 2 is 1.67 bits per heavy atom. The van der Waals surface area contributed by atoms with Gasteiger partial charge in [0.25, 0.3) is 0 Å². The van der Waals surface area contributed by atoms with E-state index in [-0.39, 0.29) is 5.97 Å². The first-order valence-corrected chi connectivity index (χ1v) is 7.10. The predicted octanol–water partition coefficient (Wildman–Crippen LogP) is 4.66. The second-order valence-electron chi connectivity index (χ2n) is 5.35. The van der Waals surface area contributed by atoms with E-state index in [1.807, 2.05) is 42.5 Å². The molecule has 0 aromatic heterocycles. The number of hydrogen-bond donors (Lipinski definition) is 0. The van der Waals surface area contributed by atoms with E-state index >= 15 is 0 Å². The molecular weight excluding hydrogens is 260 g/mol. The molecule has 0 N–H and O–H groups in total. The van der Waals surface area contributed by atoms with Crippen molar-refractivity contribution in [2.24, 2.45) is 5.92 Å². The zero-order valence-electron chi connectivity index (χ0n) is 12.5. The first-order chi connectivity index (χ1) is 10.1. The Morgan fingerprint density at radius 3 is 2.33 bits per heavy atom. The summed E-state index contributed by atoms with van der Waals surface area (Å²) in [6.07, 6.45) is 0.718. The van der Waals surface area contributed by atoms with E-state index in [2.05, 4.69) is 20.4 Å². The van der Waals surface area contributed by atoms with Crippen molar-refractivity contribution in [3.63, 3.8) is 0 Å². The Labute approximate surface area is 126 Å². The van der Waals surface area contributed by atoms with Crippen LogP contribution in [-0.2, 0) is 6.42 Å². The monoisotopic (exact) mass is 280 g/mol. The Hall–Kier alpha value is -2.35. The van der Waals surface area contributed by atoms with Crippen LogP contribution in [0.25, 0.3) is 0 Å². The number of hydrogen-bond acceptors (Lipinski definition) is 2. The van der Waals surface area contributed by atoms with Crippen LogP contribution < -0.4 is 4.74 Å². The van der Waals surface area contributed by atoms with Gasteiger partial charge in [-0.2, -0.15) is 0 Å². The van der Waals surface area contributed by atoms with Gasteiger partial charge >= 0.3 is 5.97 Å². The van der Waals surface area contributed by atoms with Crippen molar-refractivity contribution in [2.45, 2.75) is 20.3 Å². The Balaban J connectivity index is 2.17. The van der Waals surface area contributed by atoms with Crippen molar-refractivity contribution >= 4 is 5.97 Å². The third-order valence-corrected chi connectivity index (χ3v) is 3.42. The van der Waals surface area contributed by atoms with Gasteiger partial charge in [0, 0.05) is 0 Å². The average molecular weight is 280 g/mol. The van der Waals surface area contributed by atoms with Gasteiger partial charge in [-0.25, -0.2) is 4.79 Å². The predicted molar refractivity (Wildman–Crippen MR) is 85.5 cm³/mol. The molecule has 21 heavy (non-hydrogen) atoms. The normalized spacial score (nSPS) is 10.4. The molecule has 0 atom stereocenters. The van der Waals surface area contributed by atoms with E-state index < -0.39 is 0 Å². The standard InChI is InChI=1S/C19H20O2/c1-14(2)15(3)13-17-11-7-8-12-18(17)21-19(20)16-9-5-4-6-10-16/h4-12,14H,3,13H2,1-2H3. The second kappa shape index (κ2) is 6.89. The molecule has 108 valence electrons. The third kappa shape index (κ3) is 4.06. The maximum absolute atomic E-state index is 12.1. The van der Waals surface area contributed by atoms with Crippen LogP contribution in [0.4, 0.5) is 0 Å². The van der Waals surface area contributed by atoms with Crippen LogP contribution in [0.15, 0.2) is 66.7 Å². The van der Waals surface area contributed by atoms with Crippen molar-refractivity contribution in [3.05, 3.63) is 77.9 Å². The summed E-state index contributed by atoms with van der Waals surface area (Å²) in [5.41, 5.74) is 2.66. The number of rotatable bonds is 5. The topological polar surface area (TPSA) is 26.3 Å². The van der Waals surface area contributed by atoms with Crippen LogP contribution in [0.5, 0.6) is 5.75 Å². The highest BCUT2D eigenvalue weighted by Gasteiger charge is 2.12. The van der Waals surface area contributed by atoms with E-state index in [0.717, 1.165) is 17.6 Å². The lowest BCUT2D eigenvalue weighted by molar-refractivity contribution is 0.0733. The van der Waals surface area contributed by atoms with Gasteiger partial charge in [0.1, 0.15) is 5.75 Å². The minimum atomic E-state index is -0.335. The molecule has 2 aromatic carbocycles. The zero-order valence-corrected chi connectivity index (χ0v) is 12.5. The number of carbonyl (C=O) groups excluding carboxylic acids is 1. The SMILES string of the molecule is C=C(Cc1ccccc1OC(=O)c1ccccc1)C(C)C. The molecule has 0 aliphatic rings. The molecule has 0 saturated carbocycles. The maximum atomic E-state index is 12.1. The van der Waals surface area contributed by atoms with E-state index in [9.17, 15) is 4.79 Å². The number of allylic oxidation sites excluding steroid dienone is 1. The lowest BCUT2D eigenvalue weighted by Gasteiger charge is -2.13. The summed E-state index contributed by atoms with van der Waals surface area (Å²) < 4.78 is 5.53. The lowest BCUT2D eigenvalue weighted by atomic mass is 9.97. The number of ether oxygens (including phenoxy) is 1. The lowest BCUT2D eigenvalue weighted by Crippen LogP contribution is -2.10. The molecular formula is C19H20O2. The van der Waals surface area contributed by atoms with Crippen LogP contribution in [0.3, 0.4) is 0 Å². The molecule has 0 fully saturated rings. The Bertz CT molecular complexity index is 627. The summed E-state index contributed by atoms with van der Waals surface area (Å²) >= 11 is 0. The minimum Gasteiger partial charge on any atom is -0.423 e. The van der Waals surface area contributed by atoms with E-state index in [4.69, 9.17) is 4.74 Å². The first kappa shape index (κ1) is 15.0. The van der Waals surface area contributed by atoms with Gasteiger partial charge in [-0.1, -0.05) is 62.4 Å². The summed E-state index contributed by atoms with van der Waals surface area (Å²) in [6.45, 7) is 8.31. The molecule has 0 amide bonds. The molecule has 0 radical (unpaired) electrons. The van der Waals surface area contributed by atoms with Gasteiger partial charge in [-0.15, -0.1) is 0 Å². The molecule has 2 heteroatoms. The van der Waals surface area contributed by atoms with Gasteiger partial charge in [0.15, 0.2) is 0 Å². The fourth-order valence-electron chi connectivity index (χ4n) is 1.93. The Kier molecular flexibility index (Phi) is 4.94. The van der Waals surface area contributed by atoms with Gasteiger partial charge in [-0.05, 0) is 36.1 Å². The van der Waals surface area contributed by atoms with E-state index in [0.29, 0.717) is 17.2 Å². The molecule has 0 saturated heterocycles. The quantitative estimate of drug-likeness (QED) is 0.452.